The lowest BCUT2D eigenvalue weighted by molar-refractivity contribution is -0.136. The Morgan fingerprint density at radius 1 is 1.14 bits per heavy atom. The Morgan fingerprint density at radius 2 is 1.93 bits per heavy atom. The molecule has 1 unspecified atom stereocenters. The molecule has 1 atom stereocenters. The number of imide groups is 2. The Hall–Kier alpha value is -2.58. The SMILES string of the molecule is CC1(C)CNCCN1Cc1cccc2c1C(=O)N(C1CCC(=O)NC1=O)C2=O. The summed E-state index contributed by atoms with van der Waals surface area (Å²) in [5.41, 5.74) is 1.43. The number of carbonyl (C=O) groups excluding carboxylic acids is 4. The van der Waals surface area contributed by atoms with Crippen LogP contribution in [0.4, 0.5) is 0 Å². The predicted octanol–water partition coefficient (Wildman–Crippen LogP) is 0.272. The first kappa shape index (κ1) is 18.8. The largest absolute Gasteiger partial charge is 0.314 e. The van der Waals surface area contributed by atoms with Gasteiger partial charge in [-0.3, -0.25) is 34.3 Å². The van der Waals surface area contributed by atoms with Gasteiger partial charge in [-0.25, -0.2) is 0 Å². The molecule has 0 radical (unpaired) electrons. The maximum absolute atomic E-state index is 13.2. The van der Waals surface area contributed by atoms with E-state index in [-0.39, 0.29) is 24.3 Å². The number of piperidine rings is 1. The third kappa shape index (κ3) is 3.02. The molecule has 3 aliphatic heterocycles. The van der Waals surface area contributed by atoms with Gasteiger partial charge in [-0.1, -0.05) is 12.1 Å². The van der Waals surface area contributed by atoms with E-state index in [2.05, 4.69) is 29.4 Å². The number of benzene rings is 1. The minimum atomic E-state index is -0.937. The fourth-order valence-electron chi connectivity index (χ4n) is 4.24. The highest BCUT2D eigenvalue weighted by Crippen LogP contribution is 2.31. The second-order valence-corrected chi connectivity index (χ2v) is 8.20. The Morgan fingerprint density at radius 3 is 2.64 bits per heavy atom. The summed E-state index contributed by atoms with van der Waals surface area (Å²) in [4.78, 5) is 53.1. The van der Waals surface area contributed by atoms with Crippen molar-refractivity contribution in [3.8, 4) is 0 Å². The number of piperazine rings is 1. The van der Waals surface area contributed by atoms with Gasteiger partial charge in [-0.15, -0.1) is 0 Å². The third-order valence-corrected chi connectivity index (χ3v) is 5.89. The van der Waals surface area contributed by atoms with Crippen molar-refractivity contribution in [1.29, 1.82) is 0 Å². The lowest BCUT2D eigenvalue weighted by atomic mass is 9.96. The average molecular weight is 384 g/mol. The van der Waals surface area contributed by atoms with Crippen molar-refractivity contribution in [3.05, 3.63) is 34.9 Å². The van der Waals surface area contributed by atoms with Crippen LogP contribution in [0.15, 0.2) is 18.2 Å². The number of nitrogens with zero attached hydrogens (tertiary/aromatic N) is 2. The van der Waals surface area contributed by atoms with Gasteiger partial charge in [-0.2, -0.15) is 0 Å². The van der Waals surface area contributed by atoms with Crippen LogP contribution in [0.1, 0.15) is 53.0 Å². The molecule has 0 spiro atoms. The molecular weight excluding hydrogens is 360 g/mol. The molecule has 0 saturated carbocycles. The summed E-state index contributed by atoms with van der Waals surface area (Å²) in [6.07, 6.45) is 0.280. The maximum Gasteiger partial charge on any atom is 0.262 e. The Balaban J connectivity index is 1.65. The Labute approximate surface area is 163 Å². The number of amides is 4. The summed E-state index contributed by atoms with van der Waals surface area (Å²) in [6.45, 7) is 7.40. The molecule has 0 aliphatic carbocycles. The molecule has 3 aliphatic rings. The summed E-state index contributed by atoms with van der Waals surface area (Å²) in [5, 5.41) is 5.60. The van der Waals surface area contributed by atoms with Crippen molar-refractivity contribution in [2.24, 2.45) is 0 Å². The van der Waals surface area contributed by atoms with Crippen molar-refractivity contribution in [1.82, 2.24) is 20.4 Å². The average Bonchev–Trinajstić information content (AvgIpc) is 2.89. The first-order valence-electron chi connectivity index (χ1n) is 9.59. The minimum Gasteiger partial charge on any atom is -0.314 e. The lowest BCUT2D eigenvalue weighted by Crippen LogP contribution is -2.57. The molecule has 2 fully saturated rings. The van der Waals surface area contributed by atoms with Crippen LogP contribution in [0.25, 0.3) is 0 Å². The quantitative estimate of drug-likeness (QED) is 0.726. The first-order chi connectivity index (χ1) is 13.3. The first-order valence-corrected chi connectivity index (χ1v) is 9.59. The van der Waals surface area contributed by atoms with Gasteiger partial charge >= 0.3 is 0 Å². The molecular formula is C20H24N4O4. The molecule has 8 nitrogen and oxygen atoms in total. The molecule has 8 heteroatoms. The zero-order valence-electron chi connectivity index (χ0n) is 16.1. The van der Waals surface area contributed by atoms with Gasteiger partial charge in [0.15, 0.2) is 0 Å². The zero-order chi connectivity index (χ0) is 20.1. The zero-order valence-corrected chi connectivity index (χ0v) is 16.1. The van der Waals surface area contributed by atoms with E-state index in [9.17, 15) is 19.2 Å². The van der Waals surface area contributed by atoms with Crippen LogP contribution in [-0.4, -0.2) is 64.6 Å². The molecule has 0 bridgehead atoms. The van der Waals surface area contributed by atoms with Gasteiger partial charge in [0, 0.05) is 38.1 Å². The monoisotopic (exact) mass is 384 g/mol. The summed E-state index contributed by atoms with van der Waals surface area (Å²) < 4.78 is 0. The lowest BCUT2D eigenvalue weighted by Gasteiger charge is -2.43. The number of nitrogens with one attached hydrogen (secondary N) is 2. The van der Waals surface area contributed by atoms with E-state index in [0.29, 0.717) is 17.7 Å². The smallest absolute Gasteiger partial charge is 0.262 e. The second kappa shape index (κ2) is 6.79. The topological polar surface area (TPSA) is 98.8 Å². The van der Waals surface area contributed by atoms with Crippen molar-refractivity contribution in [3.63, 3.8) is 0 Å². The molecule has 1 aromatic carbocycles. The van der Waals surface area contributed by atoms with Crippen LogP contribution in [0.2, 0.25) is 0 Å². The fraction of sp³-hybridized carbons (Fsp3) is 0.500. The number of hydrogen-bond donors (Lipinski definition) is 2. The molecule has 4 rings (SSSR count). The number of rotatable bonds is 3. The van der Waals surface area contributed by atoms with E-state index in [1.807, 2.05) is 6.07 Å². The summed E-state index contributed by atoms with van der Waals surface area (Å²) in [7, 11) is 0. The second-order valence-electron chi connectivity index (χ2n) is 8.20. The van der Waals surface area contributed by atoms with E-state index in [1.165, 1.54) is 0 Å². The van der Waals surface area contributed by atoms with Crippen LogP contribution in [0.5, 0.6) is 0 Å². The van der Waals surface area contributed by atoms with Gasteiger partial charge in [0.1, 0.15) is 6.04 Å². The normalized spacial score (nSPS) is 25.1. The van der Waals surface area contributed by atoms with Gasteiger partial charge in [0.05, 0.1) is 11.1 Å². The molecule has 4 amide bonds. The van der Waals surface area contributed by atoms with Crippen LogP contribution in [0.3, 0.4) is 0 Å². The van der Waals surface area contributed by atoms with Crippen LogP contribution in [-0.2, 0) is 16.1 Å². The summed E-state index contributed by atoms with van der Waals surface area (Å²) in [6, 6.07) is 4.35. The standard InChI is InChI=1S/C20H24N4O4/c1-20(2)11-21-8-9-23(20)10-12-4-3-5-13-16(12)19(28)24(18(13)27)14-6-7-15(25)22-17(14)26/h3-5,14,21H,6-11H2,1-2H3,(H,22,25,26). The fourth-order valence-corrected chi connectivity index (χ4v) is 4.24. The van der Waals surface area contributed by atoms with E-state index in [0.717, 1.165) is 30.1 Å². The molecule has 2 N–H and O–H groups in total. The van der Waals surface area contributed by atoms with Crippen molar-refractivity contribution < 1.29 is 19.2 Å². The highest BCUT2D eigenvalue weighted by atomic mass is 16.2. The molecule has 3 heterocycles. The Kier molecular flexibility index (Phi) is 4.55. The van der Waals surface area contributed by atoms with Gasteiger partial charge in [0.25, 0.3) is 11.8 Å². The van der Waals surface area contributed by atoms with E-state index in [1.54, 1.807) is 12.1 Å². The van der Waals surface area contributed by atoms with E-state index >= 15 is 0 Å². The van der Waals surface area contributed by atoms with Crippen molar-refractivity contribution in [2.45, 2.75) is 44.8 Å². The Bertz CT molecular complexity index is 879. The molecule has 28 heavy (non-hydrogen) atoms. The molecule has 1 aromatic rings. The van der Waals surface area contributed by atoms with Gasteiger partial charge in [-0.05, 0) is 31.9 Å². The van der Waals surface area contributed by atoms with Crippen LogP contribution >= 0.6 is 0 Å². The number of fused-ring (bicyclic) bond motifs is 1. The maximum atomic E-state index is 13.2. The summed E-state index contributed by atoms with van der Waals surface area (Å²) in [5.74, 6) is -1.87. The molecule has 2 saturated heterocycles. The van der Waals surface area contributed by atoms with Gasteiger partial charge < -0.3 is 5.32 Å². The predicted molar refractivity (Wildman–Crippen MR) is 100 cm³/mol. The summed E-state index contributed by atoms with van der Waals surface area (Å²) >= 11 is 0. The number of carbonyl (C=O) groups is 4. The highest BCUT2D eigenvalue weighted by Gasteiger charge is 2.45. The van der Waals surface area contributed by atoms with E-state index < -0.39 is 23.8 Å². The molecule has 148 valence electrons. The minimum absolute atomic E-state index is 0.0735. The van der Waals surface area contributed by atoms with Crippen molar-refractivity contribution in [2.75, 3.05) is 19.6 Å². The van der Waals surface area contributed by atoms with Crippen molar-refractivity contribution >= 4 is 23.6 Å². The van der Waals surface area contributed by atoms with Crippen LogP contribution < -0.4 is 10.6 Å². The van der Waals surface area contributed by atoms with Gasteiger partial charge in [0.2, 0.25) is 11.8 Å². The highest BCUT2D eigenvalue weighted by molar-refractivity contribution is 6.24. The van der Waals surface area contributed by atoms with E-state index in [4.69, 9.17) is 0 Å². The molecule has 0 aromatic heterocycles. The van der Waals surface area contributed by atoms with Crippen LogP contribution in [0, 0.1) is 0 Å². The third-order valence-electron chi connectivity index (χ3n) is 5.89. The number of hydrogen-bond acceptors (Lipinski definition) is 6.